The highest BCUT2D eigenvalue weighted by Crippen LogP contribution is 2.28. The number of ether oxygens (including phenoxy) is 1. The van der Waals surface area contributed by atoms with Crippen LogP contribution in [0.4, 0.5) is 0 Å². The summed E-state index contributed by atoms with van der Waals surface area (Å²) in [5, 5.41) is 3.24. The molecule has 0 aromatic carbocycles. The lowest BCUT2D eigenvalue weighted by atomic mass is 10.2. The van der Waals surface area contributed by atoms with E-state index in [0.29, 0.717) is 13.3 Å². The van der Waals surface area contributed by atoms with Crippen molar-refractivity contribution in [3.8, 4) is 0 Å². The van der Waals surface area contributed by atoms with Crippen molar-refractivity contribution in [2.75, 3.05) is 26.4 Å². The maximum absolute atomic E-state index is 11.8. The maximum atomic E-state index is 11.8. The van der Waals surface area contributed by atoms with Crippen LogP contribution in [0.3, 0.4) is 0 Å². The van der Waals surface area contributed by atoms with Crippen LogP contribution in [0.15, 0.2) is 0 Å². The van der Waals surface area contributed by atoms with Crippen molar-refractivity contribution in [2.45, 2.75) is 38.6 Å². The van der Waals surface area contributed by atoms with Crippen molar-refractivity contribution in [3.63, 3.8) is 0 Å². The Morgan fingerprint density at radius 3 is 3.00 bits per heavy atom. The molecule has 1 saturated carbocycles. The van der Waals surface area contributed by atoms with Gasteiger partial charge in [0.05, 0.1) is 19.3 Å². The summed E-state index contributed by atoms with van der Waals surface area (Å²) in [5.74, 6) is 1.05. The van der Waals surface area contributed by atoms with Crippen molar-refractivity contribution in [1.29, 1.82) is 0 Å². The number of amides is 1. The van der Waals surface area contributed by atoms with Gasteiger partial charge in [-0.15, -0.1) is 0 Å². The van der Waals surface area contributed by atoms with Gasteiger partial charge < -0.3 is 9.64 Å². The first-order valence-corrected chi connectivity index (χ1v) is 6.41. The summed E-state index contributed by atoms with van der Waals surface area (Å²) in [6, 6.07) is 0.0495. The Bertz CT molecular complexity index is 241. The van der Waals surface area contributed by atoms with E-state index < -0.39 is 0 Å². The van der Waals surface area contributed by atoms with Gasteiger partial charge in [-0.3, -0.25) is 10.1 Å². The van der Waals surface area contributed by atoms with E-state index in [2.05, 4.69) is 12.2 Å². The third-order valence-corrected chi connectivity index (χ3v) is 3.27. The molecule has 4 nitrogen and oxygen atoms in total. The molecule has 1 unspecified atom stereocenters. The second-order valence-electron chi connectivity index (χ2n) is 4.82. The lowest BCUT2D eigenvalue weighted by molar-refractivity contribution is -0.129. The molecule has 0 bridgehead atoms. The third kappa shape index (κ3) is 3.19. The van der Waals surface area contributed by atoms with Crippen LogP contribution in [0.2, 0.25) is 0 Å². The molecule has 0 spiro atoms. The molecule has 0 aromatic heterocycles. The number of carbonyl (C=O) groups excluding carboxylic acids is 1. The fourth-order valence-electron chi connectivity index (χ4n) is 2.02. The summed E-state index contributed by atoms with van der Waals surface area (Å²) in [4.78, 5) is 13.7. The SMILES string of the molecule is CCCC1NCN(CCOCC2CC2)C1=O. The van der Waals surface area contributed by atoms with Gasteiger partial charge >= 0.3 is 0 Å². The first kappa shape index (κ1) is 11.9. The van der Waals surface area contributed by atoms with Crippen molar-refractivity contribution < 1.29 is 9.53 Å². The van der Waals surface area contributed by atoms with E-state index in [0.717, 1.165) is 31.9 Å². The van der Waals surface area contributed by atoms with Crippen LogP contribution in [0.1, 0.15) is 32.6 Å². The van der Waals surface area contributed by atoms with Gasteiger partial charge in [0, 0.05) is 13.2 Å². The molecule has 2 rings (SSSR count). The quantitative estimate of drug-likeness (QED) is 0.658. The van der Waals surface area contributed by atoms with Gasteiger partial charge in [-0.1, -0.05) is 13.3 Å². The molecule has 1 aliphatic heterocycles. The number of nitrogens with one attached hydrogen (secondary N) is 1. The minimum atomic E-state index is 0.0495. The molecule has 1 atom stereocenters. The Labute approximate surface area is 97.3 Å². The molecule has 1 saturated heterocycles. The smallest absolute Gasteiger partial charge is 0.240 e. The van der Waals surface area contributed by atoms with Gasteiger partial charge in [-0.25, -0.2) is 0 Å². The first-order chi connectivity index (χ1) is 7.81. The second-order valence-corrected chi connectivity index (χ2v) is 4.82. The van der Waals surface area contributed by atoms with E-state index in [9.17, 15) is 4.79 Å². The van der Waals surface area contributed by atoms with E-state index in [-0.39, 0.29) is 11.9 Å². The fraction of sp³-hybridized carbons (Fsp3) is 0.917. The molecule has 2 aliphatic rings. The highest BCUT2D eigenvalue weighted by atomic mass is 16.5. The summed E-state index contributed by atoms with van der Waals surface area (Å²) in [5.41, 5.74) is 0. The summed E-state index contributed by atoms with van der Waals surface area (Å²) < 4.78 is 5.54. The minimum Gasteiger partial charge on any atom is -0.379 e. The lowest BCUT2D eigenvalue weighted by Crippen LogP contribution is -2.32. The van der Waals surface area contributed by atoms with Crippen LogP contribution in [0.5, 0.6) is 0 Å². The molecular weight excluding hydrogens is 204 g/mol. The standard InChI is InChI=1S/C12H22N2O2/c1-2-3-11-12(15)14(9-13-11)6-7-16-8-10-4-5-10/h10-11,13H,2-9H2,1H3. The Morgan fingerprint density at radius 1 is 1.50 bits per heavy atom. The van der Waals surface area contributed by atoms with Crippen molar-refractivity contribution in [2.24, 2.45) is 5.92 Å². The molecule has 92 valence electrons. The van der Waals surface area contributed by atoms with Crippen molar-refractivity contribution >= 4 is 5.91 Å². The van der Waals surface area contributed by atoms with Gasteiger partial charge in [0.15, 0.2) is 0 Å². The average Bonchev–Trinajstić information content (AvgIpc) is 3.04. The highest BCUT2D eigenvalue weighted by molar-refractivity contribution is 5.83. The topological polar surface area (TPSA) is 41.6 Å². The van der Waals surface area contributed by atoms with Crippen LogP contribution in [0.25, 0.3) is 0 Å². The Balaban J connectivity index is 1.60. The van der Waals surface area contributed by atoms with Crippen molar-refractivity contribution in [3.05, 3.63) is 0 Å². The van der Waals surface area contributed by atoms with Crippen molar-refractivity contribution in [1.82, 2.24) is 10.2 Å². The molecule has 1 aliphatic carbocycles. The molecule has 2 fully saturated rings. The fourth-order valence-corrected chi connectivity index (χ4v) is 2.02. The zero-order valence-corrected chi connectivity index (χ0v) is 10.1. The van der Waals surface area contributed by atoms with E-state index in [4.69, 9.17) is 4.74 Å². The average molecular weight is 226 g/mol. The van der Waals surface area contributed by atoms with E-state index in [1.165, 1.54) is 12.8 Å². The predicted molar refractivity (Wildman–Crippen MR) is 62.0 cm³/mol. The first-order valence-electron chi connectivity index (χ1n) is 6.41. The molecule has 1 amide bonds. The van der Waals surface area contributed by atoms with Crippen LogP contribution < -0.4 is 5.32 Å². The monoisotopic (exact) mass is 226 g/mol. The van der Waals surface area contributed by atoms with Gasteiger partial charge in [0.25, 0.3) is 0 Å². The molecule has 1 N–H and O–H groups in total. The summed E-state index contributed by atoms with van der Waals surface area (Å²) >= 11 is 0. The number of hydrogen-bond donors (Lipinski definition) is 1. The number of hydrogen-bond acceptors (Lipinski definition) is 3. The van der Waals surface area contributed by atoms with E-state index in [1.807, 2.05) is 4.90 Å². The number of nitrogens with zero attached hydrogens (tertiary/aromatic N) is 1. The molecular formula is C12H22N2O2. The molecule has 0 aromatic rings. The zero-order chi connectivity index (χ0) is 11.4. The molecule has 0 radical (unpaired) electrons. The van der Waals surface area contributed by atoms with E-state index in [1.54, 1.807) is 0 Å². The number of rotatable bonds is 7. The predicted octanol–water partition coefficient (Wildman–Crippen LogP) is 0.971. The van der Waals surface area contributed by atoms with E-state index >= 15 is 0 Å². The largest absolute Gasteiger partial charge is 0.379 e. The summed E-state index contributed by atoms with van der Waals surface area (Å²) in [6.07, 6.45) is 4.64. The van der Waals surface area contributed by atoms with Gasteiger partial charge in [0.2, 0.25) is 5.91 Å². The Morgan fingerprint density at radius 2 is 2.31 bits per heavy atom. The summed E-state index contributed by atoms with van der Waals surface area (Å²) in [7, 11) is 0. The number of carbonyl (C=O) groups is 1. The maximum Gasteiger partial charge on any atom is 0.240 e. The van der Waals surface area contributed by atoms with Crippen LogP contribution in [-0.2, 0) is 9.53 Å². The van der Waals surface area contributed by atoms with Gasteiger partial charge in [-0.05, 0) is 25.2 Å². The molecule has 1 heterocycles. The molecule has 4 heteroatoms. The molecule has 16 heavy (non-hydrogen) atoms. The van der Waals surface area contributed by atoms with Gasteiger partial charge in [0.1, 0.15) is 0 Å². The van der Waals surface area contributed by atoms with Crippen LogP contribution in [0, 0.1) is 5.92 Å². The lowest BCUT2D eigenvalue weighted by Gasteiger charge is -2.15. The third-order valence-electron chi connectivity index (χ3n) is 3.27. The normalized spacial score (nSPS) is 25.4. The summed E-state index contributed by atoms with van der Waals surface area (Å²) in [6.45, 7) is 5.10. The Kier molecular flexibility index (Phi) is 4.18. The van der Waals surface area contributed by atoms with Crippen LogP contribution in [-0.4, -0.2) is 43.3 Å². The zero-order valence-electron chi connectivity index (χ0n) is 10.1. The Hall–Kier alpha value is -0.610. The van der Waals surface area contributed by atoms with Gasteiger partial charge in [-0.2, -0.15) is 0 Å². The second kappa shape index (κ2) is 5.64. The van der Waals surface area contributed by atoms with Crippen LogP contribution >= 0.6 is 0 Å². The highest BCUT2D eigenvalue weighted by Gasteiger charge is 2.29. The minimum absolute atomic E-state index is 0.0495.